The van der Waals surface area contributed by atoms with Gasteiger partial charge in [-0.1, -0.05) is 13.0 Å². The van der Waals surface area contributed by atoms with Crippen LogP contribution < -0.4 is 27.0 Å². The monoisotopic (exact) mass is 1040 g/mol. The molecular weight excluding hydrogens is 980 g/mol. The Morgan fingerprint density at radius 3 is 2.17 bits per heavy atom. The number of amides is 5. The highest BCUT2D eigenvalue weighted by Gasteiger charge is 2.64. The van der Waals surface area contributed by atoms with Crippen LogP contribution in [0.5, 0.6) is 0 Å². The van der Waals surface area contributed by atoms with Crippen molar-refractivity contribution in [1.82, 2.24) is 50.6 Å². The summed E-state index contributed by atoms with van der Waals surface area (Å²) >= 11 is 3.35. The number of ether oxygens (including phenoxy) is 4. The molecule has 1 aliphatic carbocycles. The van der Waals surface area contributed by atoms with Crippen molar-refractivity contribution in [2.75, 3.05) is 71.3 Å². The van der Waals surface area contributed by atoms with Crippen LogP contribution in [0.2, 0.25) is 0 Å². The van der Waals surface area contributed by atoms with E-state index in [1.165, 1.54) is 17.8 Å². The number of aryl methyl sites for hydroxylation is 1. The maximum absolute atomic E-state index is 14.0. The van der Waals surface area contributed by atoms with Gasteiger partial charge in [0, 0.05) is 55.8 Å². The molecule has 7 N–H and O–H groups in total. The molecule has 1 aliphatic heterocycles. The van der Waals surface area contributed by atoms with Crippen LogP contribution in [0, 0.1) is 12.3 Å². The standard InChI is InChI=1S/C45H57BrN12O12/c1-26-4-6-35(46)54-42(26)55-43(64)32-17-45(3)18-34(45)58(32)40(63)23-57-33-21-50-31(16-29(33)41(56-57)27(2)59)28-19-51-36(52-20-28)22-53-39(62)25-70-15-13-68-11-9-49-38(61)24-69-14-12-67-10-8-48-37(60)7-5-30(47)44(65)66/h4,6,16,19-21,30,32,34H,5,7-15,17-18,22-25,47H2,1-3H3,(H,48,60)(H,49,61)(H,53,62)(H,65,66)(H,54,55,64)/t30-,32-,34?,45-/m0/s1. The number of hydrogen-bond donors (Lipinski definition) is 6. The molecule has 0 spiro atoms. The number of rotatable bonds is 28. The number of ketones is 1. The second-order valence-corrected chi connectivity index (χ2v) is 17.8. The number of nitrogens with two attached hydrogens (primary N) is 1. The van der Waals surface area contributed by atoms with E-state index in [1.807, 2.05) is 13.0 Å². The zero-order valence-electron chi connectivity index (χ0n) is 39.0. The van der Waals surface area contributed by atoms with E-state index in [9.17, 15) is 33.6 Å². The Hall–Kier alpha value is -6.38. The minimum absolute atomic E-state index is 0.00155. The molecule has 0 radical (unpaired) electrons. The molecule has 0 aromatic carbocycles. The lowest BCUT2D eigenvalue weighted by Crippen LogP contribution is -2.47. The Labute approximate surface area is 410 Å². The number of likely N-dealkylation sites (tertiary alicyclic amines) is 1. The Morgan fingerprint density at radius 1 is 0.871 bits per heavy atom. The maximum atomic E-state index is 14.0. The highest BCUT2D eigenvalue weighted by molar-refractivity contribution is 9.10. The molecule has 5 amide bonds. The first kappa shape index (κ1) is 53.0. The first-order chi connectivity index (χ1) is 33.5. The number of piperidine rings is 1. The molecule has 4 aromatic heterocycles. The molecule has 1 saturated carbocycles. The van der Waals surface area contributed by atoms with E-state index in [0.717, 1.165) is 12.0 Å². The van der Waals surface area contributed by atoms with Gasteiger partial charge in [-0.25, -0.2) is 15.0 Å². The summed E-state index contributed by atoms with van der Waals surface area (Å²) in [7, 11) is 0. The number of Topliss-reactive ketones (excluding diaryl/α,β-unsaturated/α-hetero) is 1. The number of hydrogen-bond acceptors (Lipinski definition) is 17. The number of anilines is 1. The van der Waals surface area contributed by atoms with Gasteiger partial charge in [0.15, 0.2) is 5.78 Å². The van der Waals surface area contributed by atoms with Gasteiger partial charge in [-0.05, 0) is 65.2 Å². The fourth-order valence-electron chi connectivity index (χ4n) is 7.66. The molecule has 24 nitrogen and oxygen atoms in total. The molecule has 1 unspecified atom stereocenters. The number of carbonyl (C=O) groups excluding carboxylic acids is 6. The fourth-order valence-corrected chi connectivity index (χ4v) is 7.97. The quantitative estimate of drug-likeness (QED) is 0.0259. The smallest absolute Gasteiger partial charge is 0.320 e. The third-order valence-corrected chi connectivity index (χ3v) is 12.0. The largest absolute Gasteiger partial charge is 0.480 e. The van der Waals surface area contributed by atoms with Crippen LogP contribution in [-0.2, 0) is 60.8 Å². The normalized spacial score (nSPS) is 17.4. The van der Waals surface area contributed by atoms with Gasteiger partial charge in [0.2, 0.25) is 29.5 Å². The van der Waals surface area contributed by atoms with Gasteiger partial charge in [0.25, 0.3) is 0 Å². The molecule has 0 bridgehead atoms. The summed E-state index contributed by atoms with van der Waals surface area (Å²) < 4.78 is 23.4. The second-order valence-electron chi connectivity index (χ2n) is 17.0. The first-order valence-corrected chi connectivity index (χ1v) is 23.4. The van der Waals surface area contributed by atoms with E-state index in [0.29, 0.717) is 44.8 Å². The van der Waals surface area contributed by atoms with Crippen molar-refractivity contribution in [2.45, 2.75) is 77.7 Å². The molecule has 376 valence electrons. The van der Waals surface area contributed by atoms with E-state index >= 15 is 0 Å². The van der Waals surface area contributed by atoms with Gasteiger partial charge in [-0.15, -0.1) is 0 Å². The van der Waals surface area contributed by atoms with E-state index in [2.05, 4.69) is 69.2 Å². The van der Waals surface area contributed by atoms with Crippen molar-refractivity contribution in [3.8, 4) is 11.3 Å². The maximum Gasteiger partial charge on any atom is 0.320 e. The number of carbonyl (C=O) groups is 7. The van der Waals surface area contributed by atoms with Crippen LogP contribution in [0.25, 0.3) is 22.2 Å². The number of fused-ring (bicyclic) bond motifs is 2. The Bertz CT molecular complexity index is 2550. The van der Waals surface area contributed by atoms with E-state index in [-0.39, 0.29) is 138 Å². The average molecular weight is 1040 g/mol. The number of aromatic nitrogens is 6. The lowest BCUT2D eigenvalue weighted by molar-refractivity contribution is -0.139. The van der Waals surface area contributed by atoms with Crippen molar-refractivity contribution < 1.29 is 57.6 Å². The van der Waals surface area contributed by atoms with Gasteiger partial charge in [0.1, 0.15) is 53.8 Å². The van der Waals surface area contributed by atoms with Crippen molar-refractivity contribution in [3.63, 3.8) is 0 Å². The third kappa shape index (κ3) is 14.8. The summed E-state index contributed by atoms with van der Waals surface area (Å²) in [6.07, 6.45) is 5.97. The summed E-state index contributed by atoms with van der Waals surface area (Å²) in [6, 6.07) is 3.44. The number of halogens is 1. The average Bonchev–Trinajstić information content (AvgIpc) is 3.69. The molecule has 2 aliphatic rings. The van der Waals surface area contributed by atoms with Crippen LogP contribution >= 0.6 is 15.9 Å². The summed E-state index contributed by atoms with van der Waals surface area (Å²) in [6.45, 7) is 6.35. The predicted molar refractivity (Wildman–Crippen MR) is 252 cm³/mol. The highest BCUT2D eigenvalue weighted by Crippen LogP contribution is 2.59. The summed E-state index contributed by atoms with van der Waals surface area (Å²) in [5.74, 6) is -2.38. The van der Waals surface area contributed by atoms with Gasteiger partial charge in [0.05, 0.1) is 63.6 Å². The second kappa shape index (κ2) is 25.0. The van der Waals surface area contributed by atoms with Crippen molar-refractivity contribution in [1.29, 1.82) is 0 Å². The number of nitrogens with one attached hydrogen (secondary N) is 4. The Morgan fingerprint density at radius 2 is 1.51 bits per heavy atom. The molecule has 4 atom stereocenters. The summed E-state index contributed by atoms with van der Waals surface area (Å²) in [5, 5.41) is 24.6. The fraction of sp³-hybridized carbons (Fsp3) is 0.511. The Kier molecular flexibility index (Phi) is 18.9. The molecule has 1 saturated heterocycles. The van der Waals surface area contributed by atoms with Crippen molar-refractivity contribution in [2.24, 2.45) is 11.1 Å². The number of carboxylic acid groups (broad SMARTS) is 1. The lowest BCUT2D eigenvalue weighted by atomic mass is 10.0. The van der Waals surface area contributed by atoms with E-state index < -0.39 is 24.0 Å². The molecule has 5 heterocycles. The van der Waals surface area contributed by atoms with Gasteiger partial charge in [-0.2, -0.15) is 5.10 Å². The van der Waals surface area contributed by atoms with E-state index in [1.54, 1.807) is 29.4 Å². The van der Waals surface area contributed by atoms with Gasteiger partial charge in [-0.3, -0.25) is 43.2 Å². The van der Waals surface area contributed by atoms with Crippen LogP contribution in [-0.4, -0.2) is 165 Å². The third-order valence-electron chi connectivity index (χ3n) is 11.6. The SMILES string of the molecule is CC(=O)c1nn(CC(=O)N2C3C[C@]3(C)C[C@H]2C(=O)Nc2nc(Br)ccc2C)c2cnc(-c3cnc(CNC(=O)COCCOCCNC(=O)COCCOCCNC(=O)CC[C@H](N)C(=O)O)nc3)cc12. The topological polar surface area (TPSA) is 323 Å². The van der Waals surface area contributed by atoms with Gasteiger partial charge >= 0.3 is 5.97 Å². The minimum atomic E-state index is -1.16. The van der Waals surface area contributed by atoms with Crippen LogP contribution in [0.15, 0.2) is 41.4 Å². The van der Waals surface area contributed by atoms with Gasteiger partial charge < -0.3 is 56.0 Å². The van der Waals surface area contributed by atoms with Crippen molar-refractivity contribution in [3.05, 3.63) is 58.5 Å². The lowest BCUT2D eigenvalue weighted by Gasteiger charge is -2.27. The molecule has 4 aromatic rings. The highest BCUT2D eigenvalue weighted by atomic mass is 79.9. The molecule has 2 fully saturated rings. The zero-order chi connectivity index (χ0) is 50.4. The van der Waals surface area contributed by atoms with Crippen LogP contribution in [0.3, 0.4) is 0 Å². The molecule has 25 heteroatoms. The predicted octanol–water partition coefficient (Wildman–Crippen LogP) is 0.682. The molecular formula is C45H57BrN12O12. The van der Waals surface area contributed by atoms with E-state index in [4.69, 9.17) is 29.8 Å². The minimum Gasteiger partial charge on any atom is -0.480 e. The number of pyridine rings is 2. The number of aliphatic carboxylic acids is 1. The number of carboxylic acids is 1. The van der Waals surface area contributed by atoms with Crippen LogP contribution in [0.1, 0.15) is 61.4 Å². The molecule has 6 rings (SSSR count). The molecule has 70 heavy (non-hydrogen) atoms. The zero-order valence-corrected chi connectivity index (χ0v) is 40.6. The van der Waals surface area contributed by atoms with Crippen LogP contribution in [0.4, 0.5) is 5.82 Å². The summed E-state index contributed by atoms with van der Waals surface area (Å²) in [5.41, 5.74) is 7.62. The Balaban J connectivity index is 0.855. The van der Waals surface area contributed by atoms with Crippen molar-refractivity contribution >= 4 is 73.9 Å². The summed E-state index contributed by atoms with van der Waals surface area (Å²) in [4.78, 5) is 106. The number of nitrogens with zero attached hydrogens (tertiary/aromatic N) is 7. The first-order valence-electron chi connectivity index (χ1n) is 22.6.